The molecule has 2 aliphatic heterocycles. The Bertz CT molecular complexity index is 896. The summed E-state index contributed by atoms with van der Waals surface area (Å²) in [5.41, 5.74) is 1.95. The van der Waals surface area contributed by atoms with Crippen LogP contribution in [0.15, 0.2) is 48.5 Å². The minimum atomic E-state index is -0.470. The molecule has 1 amide bonds. The Labute approximate surface area is 170 Å². The number of hydrogen-bond acceptors (Lipinski definition) is 5. The largest absolute Gasteiger partial charge is 0.367 e. The second-order valence-corrected chi connectivity index (χ2v) is 7.71. The maximum Gasteiger partial charge on any atom is 0.282 e. The van der Waals surface area contributed by atoms with Crippen molar-refractivity contribution in [1.29, 1.82) is 0 Å². The normalized spacial score (nSPS) is 22.0. The van der Waals surface area contributed by atoms with Crippen molar-refractivity contribution < 1.29 is 14.5 Å². The number of nitro groups is 1. The summed E-state index contributed by atoms with van der Waals surface area (Å²) < 4.78 is 6.12. The van der Waals surface area contributed by atoms with Gasteiger partial charge in [-0.05, 0) is 37.5 Å². The van der Waals surface area contributed by atoms with E-state index in [4.69, 9.17) is 4.74 Å². The first kappa shape index (κ1) is 19.4. The van der Waals surface area contributed by atoms with Gasteiger partial charge in [0.05, 0.1) is 11.0 Å². The highest BCUT2D eigenvalue weighted by Crippen LogP contribution is 2.32. The van der Waals surface area contributed by atoms with E-state index in [9.17, 15) is 14.9 Å². The molecule has 2 fully saturated rings. The quantitative estimate of drug-likeness (QED) is 0.581. The molecular weight excluding hydrogens is 370 g/mol. The lowest BCUT2D eigenvalue weighted by Crippen LogP contribution is -2.43. The van der Waals surface area contributed by atoms with Crippen LogP contribution in [-0.2, 0) is 4.74 Å². The summed E-state index contributed by atoms with van der Waals surface area (Å²) in [6, 6.07) is 14.9. The average molecular weight is 395 g/mol. The maximum absolute atomic E-state index is 12.9. The highest BCUT2D eigenvalue weighted by atomic mass is 16.6. The molecule has 2 atom stereocenters. The maximum atomic E-state index is 12.9. The van der Waals surface area contributed by atoms with E-state index in [2.05, 4.69) is 4.90 Å². The van der Waals surface area contributed by atoms with Gasteiger partial charge in [-0.2, -0.15) is 0 Å². The van der Waals surface area contributed by atoms with Gasteiger partial charge >= 0.3 is 0 Å². The molecule has 7 heteroatoms. The first-order chi connectivity index (χ1) is 14.0. The Hall–Kier alpha value is -2.93. The zero-order valence-corrected chi connectivity index (χ0v) is 16.5. The number of carbonyl (C=O) groups excluding carboxylic acids is 1. The van der Waals surface area contributed by atoms with E-state index in [1.165, 1.54) is 6.07 Å². The van der Waals surface area contributed by atoms with Gasteiger partial charge in [-0.3, -0.25) is 14.9 Å². The average Bonchev–Trinajstić information content (AvgIpc) is 3.28. The number of anilines is 1. The van der Waals surface area contributed by atoms with Crippen LogP contribution in [0.2, 0.25) is 0 Å². The van der Waals surface area contributed by atoms with Crippen molar-refractivity contribution in [3.05, 3.63) is 69.8 Å². The molecule has 0 N–H and O–H groups in total. The summed E-state index contributed by atoms with van der Waals surface area (Å²) in [6.45, 7) is 4.63. The number of ether oxygens (including phenoxy) is 1. The van der Waals surface area contributed by atoms with E-state index in [-0.39, 0.29) is 29.4 Å². The SMILES string of the molecule is CC1CN(c2ccc([N+](=O)[O-])c(C(=O)N3CCCC3)c2)CC(c2ccccc2)O1. The summed E-state index contributed by atoms with van der Waals surface area (Å²) in [5.74, 6) is -0.253. The Balaban J connectivity index is 1.64. The number of nitro benzene ring substituents is 1. The molecule has 7 nitrogen and oxygen atoms in total. The molecular formula is C22H25N3O4. The smallest absolute Gasteiger partial charge is 0.282 e. The number of amides is 1. The van der Waals surface area contributed by atoms with Crippen molar-refractivity contribution in [2.24, 2.45) is 0 Å². The van der Waals surface area contributed by atoms with E-state index < -0.39 is 4.92 Å². The van der Waals surface area contributed by atoms with Crippen LogP contribution in [0, 0.1) is 10.1 Å². The standard InChI is InChI=1S/C22H25N3O4/c1-16-14-24(15-21(29-16)17-7-3-2-4-8-17)18-9-10-20(25(27)28)19(13-18)22(26)23-11-5-6-12-23/h2-4,7-10,13,16,21H,5-6,11-12,14-15H2,1H3. The molecule has 4 rings (SSSR count). The molecule has 0 bridgehead atoms. The zero-order valence-electron chi connectivity index (χ0n) is 16.5. The first-order valence-electron chi connectivity index (χ1n) is 10.1. The molecule has 29 heavy (non-hydrogen) atoms. The highest BCUT2D eigenvalue weighted by molar-refractivity contribution is 5.99. The van der Waals surface area contributed by atoms with Gasteiger partial charge in [0.25, 0.3) is 11.6 Å². The Kier molecular flexibility index (Phi) is 5.49. The monoisotopic (exact) mass is 395 g/mol. The molecule has 2 saturated heterocycles. The van der Waals surface area contributed by atoms with Gasteiger partial charge in [-0.1, -0.05) is 30.3 Å². The van der Waals surface area contributed by atoms with Gasteiger partial charge in [0, 0.05) is 37.9 Å². The predicted octanol–water partition coefficient (Wildman–Crippen LogP) is 3.80. The first-order valence-corrected chi connectivity index (χ1v) is 10.1. The van der Waals surface area contributed by atoms with Gasteiger partial charge < -0.3 is 14.5 Å². The van der Waals surface area contributed by atoms with Crippen molar-refractivity contribution >= 4 is 17.3 Å². The van der Waals surface area contributed by atoms with Crippen LogP contribution in [0.5, 0.6) is 0 Å². The Morgan fingerprint density at radius 1 is 1.10 bits per heavy atom. The second kappa shape index (κ2) is 8.21. The molecule has 0 spiro atoms. The molecule has 0 radical (unpaired) electrons. The molecule has 152 valence electrons. The van der Waals surface area contributed by atoms with E-state index in [0.29, 0.717) is 26.2 Å². The van der Waals surface area contributed by atoms with E-state index in [1.54, 1.807) is 17.0 Å². The van der Waals surface area contributed by atoms with Crippen LogP contribution < -0.4 is 4.90 Å². The van der Waals surface area contributed by atoms with Crippen molar-refractivity contribution in [3.8, 4) is 0 Å². The summed E-state index contributed by atoms with van der Waals surface area (Å²) in [5, 5.41) is 11.5. The molecule has 0 saturated carbocycles. The molecule has 2 unspecified atom stereocenters. The summed E-state index contributed by atoms with van der Waals surface area (Å²) >= 11 is 0. The zero-order chi connectivity index (χ0) is 20.4. The fourth-order valence-corrected chi connectivity index (χ4v) is 4.16. The molecule has 2 aromatic rings. The van der Waals surface area contributed by atoms with E-state index >= 15 is 0 Å². The fourth-order valence-electron chi connectivity index (χ4n) is 4.16. The minimum absolute atomic E-state index is 0.00174. The molecule has 0 aliphatic carbocycles. The topological polar surface area (TPSA) is 75.9 Å². The number of benzene rings is 2. The van der Waals surface area contributed by atoms with Crippen LogP contribution in [-0.4, -0.2) is 48.0 Å². The molecule has 0 aromatic heterocycles. The minimum Gasteiger partial charge on any atom is -0.367 e. The van der Waals surface area contributed by atoms with Crippen molar-refractivity contribution in [3.63, 3.8) is 0 Å². The van der Waals surface area contributed by atoms with Gasteiger partial charge in [-0.25, -0.2) is 0 Å². The van der Waals surface area contributed by atoms with Crippen molar-refractivity contribution in [2.45, 2.75) is 32.0 Å². The third-order valence-corrected chi connectivity index (χ3v) is 5.60. The van der Waals surface area contributed by atoms with Gasteiger partial charge in [0.2, 0.25) is 0 Å². The lowest BCUT2D eigenvalue weighted by molar-refractivity contribution is -0.385. The molecule has 2 heterocycles. The van der Waals surface area contributed by atoms with Crippen LogP contribution in [0.25, 0.3) is 0 Å². The molecule has 2 aliphatic rings. The number of morpholine rings is 1. The fraction of sp³-hybridized carbons (Fsp3) is 0.409. The van der Waals surface area contributed by atoms with Crippen LogP contribution in [0.1, 0.15) is 41.8 Å². The van der Waals surface area contributed by atoms with Gasteiger partial charge in [-0.15, -0.1) is 0 Å². The number of carbonyl (C=O) groups is 1. The summed E-state index contributed by atoms with van der Waals surface area (Å²) in [6.07, 6.45) is 1.80. The lowest BCUT2D eigenvalue weighted by atomic mass is 10.0. The van der Waals surface area contributed by atoms with Crippen molar-refractivity contribution in [2.75, 3.05) is 31.1 Å². The summed E-state index contributed by atoms with van der Waals surface area (Å²) in [4.78, 5) is 27.8. The van der Waals surface area contributed by atoms with E-state index in [1.807, 2.05) is 37.3 Å². The number of nitrogens with zero attached hydrogens (tertiary/aromatic N) is 3. The van der Waals surface area contributed by atoms with E-state index in [0.717, 1.165) is 24.1 Å². The summed E-state index contributed by atoms with van der Waals surface area (Å²) in [7, 11) is 0. The second-order valence-electron chi connectivity index (χ2n) is 7.71. The Morgan fingerprint density at radius 2 is 1.83 bits per heavy atom. The Morgan fingerprint density at radius 3 is 2.52 bits per heavy atom. The van der Waals surface area contributed by atoms with Crippen LogP contribution >= 0.6 is 0 Å². The predicted molar refractivity (Wildman–Crippen MR) is 110 cm³/mol. The van der Waals surface area contributed by atoms with Crippen LogP contribution in [0.3, 0.4) is 0 Å². The third kappa shape index (κ3) is 4.10. The molecule has 2 aromatic carbocycles. The number of likely N-dealkylation sites (tertiary alicyclic amines) is 1. The van der Waals surface area contributed by atoms with Gasteiger partial charge in [0.15, 0.2) is 0 Å². The highest BCUT2D eigenvalue weighted by Gasteiger charge is 2.30. The van der Waals surface area contributed by atoms with Crippen molar-refractivity contribution in [1.82, 2.24) is 4.90 Å². The third-order valence-electron chi connectivity index (χ3n) is 5.60. The lowest BCUT2D eigenvalue weighted by Gasteiger charge is -2.38. The number of hydrogen-bond donors (Lipinski definition) is 0. The van der Waals surface area contributed by atoms with Gasteiger partial charge in [0.1, 0.15) is 11.7 Å². The number of rotatable bonds is 4. The van der Waals surface area contributed by atoms with Crippen LogP contribution in [0.4, 0.5) is 11.4 Å².